The van der Waals surface area contributed by atoms with E-state index in [-0.39, 0.29) is 18.2 Å². The predicted octanol–water partition coefficient (Wildman–Crippen LogP) is 2.46. The van der Waals surface area contributed by atoms with Crippen molar-refractivity contribution < 1.29 is 9.59 Å². The largest absolute Gasteiger partial charge is 0.353 e. The fourth-order valence-corrected chi connectivity index (χ4v) is 3.82. The van der Waals surface area contributed by atoms with Crippen LogP contribution in [-0.2, 0) is 23.1 Å². The topological polar surface area (TPSA) is 88.9 Å². The summed E-state index contributed by atoms with van der Waals surface area (Å²) in [6.45, 7) is 2.00. The van der Waals surface area contributed by atoms with Gasteiger partial charge < -0.3 is 15.2 Å². The van der Waals surface area contributed by atoms with Crippen LogP contribution in [0, 0.1) is 6.92 Å². The SMILES string of the molecule is Cc1ccc(NC(=O)Cc2nnc(SCC(=O)NC3CCCC3)n2C)cc1. The number of amides is 2. The van der Waals surface area contributed by atoms with E-state index >= 15 is 0 Å². The first kappa shape index (κ1) is 19.4. The van der Waals surface area contributed by atoms with Crippen LogP contribution >= 0.6 is 11.8 Å². The second-order valence-electron chi connectivity index (χ2n) is 6.89. The number of rotatable bonds is 7. The van der Waals surface area contributed by atoms with Gasteiger partial charge in [-0.05, 0) is 31.9 Å². The molecule has 7 nitrogen and oxygen atoms in total. The molecule has 0 bridgehead atoms. The van der Waals surface area contributed by atoms with Crippen LogP contribution in [0.2, 0.25) is 0 Å². The average Bonchev–Trinajstić information content (AvgIpc) is 3.26. The summed E-state index contributed by atoms with van der Waals surface area (Å²) in [4.78, 5) is 24.3. The molecule has 1 saturated carbocycles. The van der Waals surface area contributed by atoms with Crippen LogP contribution in [0.15, 0.2) is 29.4 Å². The molecule has 0 spiro atoms. The summed E-state index contributed by atoms with van der Waals surface area (Å²) in [6, 6.07) is 7.95. The summed E-state index contributed by atoms with van der Waals surface area (Å²) in [5.74, 6) is 0.745. The quantitative estimate of drug-likeness (QED) is 0.713. The zero-order valence-electron chi connectivity index (χ0n) is 15.7. The summed E-state index contributed by atoms with van der Waals surface area (Å²) >= 11 is 1.34. The van der Waals surface area contributed by atoms with E-state index in [0.717, 1.165) is 24.1 Å². The number of carbonyl (C=O) groups is 2. The maximum absolute atomic E-state index is 12.2. The number of aryl methyl sites for hydroxylation is 1. The van der Waals surface area contributed by atoms with Crippen molar-refractivity contribution in [2.45, 2.75) is 50.2 Å². The molecule has 1 aromatic heterocycles. The Bertz CT molecular complexity index is 797. The first-order valence-electron chi connectivity index (χ1n) is 9.18. The molecular weight excluding hydrogens is 362 g/mol. The predicted molar refractivity (Wildman–Crippen MR) is 106 cm³/mol. The minimum absolute atomic E-state index is 0.0218. The molecule has 0 unspecified atom stereocenters. The van der Waals surface area contributed by atoms with Gasteiger partial charge in [0.15, 0.2) is 5.16 Å². The molecule has 0 atom stereocenters. The summed E-state index contributed by atoms with van der Waals surface area (Å²) in [6.07, 6.45) is 4.65. The van der Waals surface area contributed by atoms with Gasteiger partial charge in [-0.25, -0.2) is 0 Å². The molecule has 3 rings (SSSR count). The van der Waals surface area contributed by atoms with Crippen molar-refractivity contribution in [2.75, 3.05) is 11.1 Å². The summed E-state index contributed by atoms with van der Waals surface area (Å²) in [5.41, 5.74) is 1.89. The number of carbonyl (C=O) groups excluding carboxylic acids is 2. The van der Waals surface area contributed by atoms with E-state index in [2.05, 4.69) is 20.8 Å². The molecule has 1 aliphatic carbocycles. The van der Waals surface area contributed by atoms with Crippen LogP contribution < -0.4 is 10.6 Å². The van der Waals surface area contributed by atoms with Gasteiger partial charge in [-0.2, -0.15) is 0 Å². The lowest BCUT2D eigenvalue weighted by atomic mass is 10.2. The Balaban J connectivity index is 1.49. The van der Waals surface area contributed by atoms with Crippen LogP contribution in [0.4, 0.5) is 5.69 Å². The van der Waals surface area contributed by atoms with E-state index in [0.29, 0.717) is 22.8 Å². The van der Waals surface area contributed by atoms with Crippen molar-refractivity contribution in [1.29, 1.82) is 0 Å². The highest BCUT2D eigenvalue weighted by atomic mass is 32.2. The van der Waals surface area contributed by atoms with E-state index in [4.69, 9.17) is 0 Å². The molecule has 0 radical (unpaired) electrons. The first-order valence-corrected chi connectivity index (χ1v) is 10.2. The third-order valence-electron chi connectivity index (χ3n) is 4.63. The van der Waals surface area contributed by atoms with Gasteiger partial charge in [-0.1, -0.05) is 42.3 Å². The monoisotopic (exact) mass is 387 g/mol. The number of benzene rings is 1. The lowest BCUT2D eigenvalue weighted by molar-refractivity contribution is -0.119. The molecule has 1 fully saturated rings. The molecular formula is C19H25N5O2S. The van der Waals surface area contributed by atoms with Crippen molar-refractivity contribution in [2.24, 2.45) is 7.05 Å². The van der Waals surface area contributed by atoms with Gasteiger partial charge in [-0.15, -0.1) is 10.2 Å². The summed E-state index contributed by atoms with van der Waals surface area (Å²) in [7, 11) is 1.81. The van der Waals surface area contributed by atoms with Gasteiger partial charge in [0.1, 0.15) is 5.82 Å². The number of hydrogen-bond acceptors (Lipinski definition) is 5. The van der Waals surface area contributed by atoms with E-state index in [1.807, 2.05) is 38.2 Å². The average molecular weight is 388 g/mol. The number of anilines is 1. The lowest BCUT2D eigenvalue weighted by Crippen LogP contribution is -2.33. The minimum Gasteiger partial charge on any atom is -0.353 e. The van der Waals surface area contributed by atoms with E-state index in [1.165, 1.54) is 24.6 Å². The smallest absolute Gasteiger partial charge is 0.232 e. The highest BCUT2D eigenvalue weighted by Crippen LogP contribution is 2.19. The molecule has 1 heterocycles. The van der Waals surface area contributed by atoms with Gasteiger partial charge in [0.05, 0.1) is 12.2 Å². The van der Waals surface area contributed by atoms with Crippen molar-refractivity contribution in [3.05, 3.63) is 35.7 Å². The Labute approximate surface area is 163 Å². The second-order valence-corrected chi connectivity index (χ2v) is 7.83. The van der Waals surface area contributed by atoms with Gasteiger partial charge >= 0.3 is 0 Å². The van der Waals surface area contributed by atoms with Gasteiger partial charge in [-0.3, -0.25) is 9.59 Å². The minimum atomic E-state index is -0.148. The first-order chi connectivity index (χ1) is 13.0. The van der Waals surface area contributed by atoms with Gasteiger partial charge in [0, 0.05) is 18.8 Å². The molecule has 27 heavy (non-hydrogen) atoms. The Kier molecular flexibility index (Phi) is 6.49. The summed E-state index contributed by atoms with van der Waals surface area (Å²) in [5, 5.41) is 14.7. The standard InChI is InChI=1S/C19H25N5O2S/c1-13-7-9-15(10-8-13)20-17(25)11-16-22-23-19(24(16)2)27-12-18(26)21-14-5-3-4-6-14/h7-10,14H,3-6,11-12H2,1-2H3,(H,20,25)(H,21,26). The van der Waals surface area contributed by atoms with Crippen molar-refractivity contribution >= 4 is 29.3 Å². The molecule has 144 valence electrons. The maximum Gasteiger partial charge on any atom is 0.232 e. The molecule has 0 aliphatic heterocycles. The molecule has 0 saturated heterocycles. The van der Waals surface area contributed by atoms with Crippen molar-refractivity contribution in [1.82, 2.24) is 20.1 Å². The fraction of sp³-hybridized carbons (Fsp3) is 0.474. The highest BCUT2D eigenvalue weighted by molar-refractivity contribution is 7.99. The highest BCUT2D eigenvalue weighted by Gasteiger charge is 2.18. The van der Waals surface area contributed by atoms with Crippen molar-refractivity contribution in [3.8, 4) is 0 Å². The van der Waals surface area contributed by atoms with E-state index in [1.54, 1.807) is 4.57 Å². The summed E-state index contributed by atoms with van der Waals surface area (Å²) < 4.78 is 1.77. The van der Waals surface area contributed by atoms with Crippen LogP contribution in [0.25, 0.3) is 0 Å². The van der Waals surface area contributed by atoms with E-state index < -0.39 is 0 Å². The fourth-order valence-electron chi connectivity index (χ4n) is 3.08. The zero-order valence-corrected chi connectivity index (χ0v) is 16.5. The lowest BCUT2D eigenvalue weighted by Gasteiger charge is -2.11. The zero-order chi connectivity index (χ0) is 19.2. The number of aromatic nitrogens is 3. The van der Waals surface area contributed by atoms with Crippen molar-refractivity contribution in [3.63, 3.8) is 0 Å². The van der Waals surface area contributed by atoms with Crippen LogP contribution in [0.3, 0.4) is 0 Å². The van der Waals surface area contributed by atoms with Crippen LogP contribution in [0.5, 0.6) is 0 Å². The molecule has 2 amide bonds. The van der Waals surface area contributed by atoms with Crippen LogP contribution in [-0.4, -0.2) is 38.4 Å². The Morgan fingerprint density at radius 1 is 1.15 bits per heavy atom. The normalized spacial score (nSPS) is 14.3. The molecule has 2 aromatic rings. The Hall–Kier alpha value is -2.35. The third kappa shape index (κ3) is 5.56. The van der Waals surface area contributed by atoms with E-state index in [9.17, 15) is 9.59 Å². The van der Waals surface area contributed by atoms with Gasteiger partial charge in [0.25, 0.3) is 0 Å². The number of nitrogens with zero attached hydrogens (tertiary/aromatic N) is 3. The molecule has 8 heteroatoms. The van der Waals surface area contributed by atoms with Crippen LogP contribution in [0.1, 0.15) is 37.1 Å². The maximum atomic E-state index is 12.2. The number of nitrogens with one attached hydrogen (secondary N) is 2. The Morgan fingerprint density at radius 3 is 2.56 bits per heavy atom. The number of thioether (sulfide) groups is 1. The molecule has 1 aliphatic rings. The second kappa shape index (κ2) is 9.03. The third-order valence-corrected chi connectivity index (χ3v) is 5.65. The molecule has 1 aromatic carbocycles. The molecule has 2 N–H and O–H groups in total. The number of hydrogen-bond donors (Lipinski definition) is 2. The Morgan fingerprint density at radius 2 is 1.85 bits per heavy atom. The van der Waals surface area contributed by atoms with Gasteiger partial charge in [0.2, 0.25) is 11.8 Å².